The number of imidazole rings is 2. The standard InChI is InChI=1S/C15H16N4O2/c1-2-14-17-12-9-11(15(20)21)3-4-13(12)19(14)8-7-18-6-5-16-10-18/h3-6,9-10H,2,7-8H2,1H3,(H,20,21). The highest BCUT2D eigenvalue weighted by molar-refractivity contribution is 5.92. The number of carboxylic acid groups (broad SMARTS) is 1. The number of carbonyl (C=O) groups is 1. The Morgan fingerprint density at radius 3 is 2.86 bits per heavy atom. The van der Waals surface area contributed by atoms with E-state index >= 15 is 0 Å². The zero-order valence-electron chi connectivity index (χ0n) is 11.7. The quantitative estimate of drug-likeness (QED) is 0.779. The fraction of sp³-hybridized carbons (Fsp3) is 0.267. The largest absolute Gasteiger partial charge is 0.478 e. The number of fused-ring (bicyclic) bond motifs is 1. The maximum atomic E-state index is 11.0. The van der Waals surface area contributed by atoms with Crippen LogP contribution in [0.1, 0.15) is 23.1 Å². The van der Waals surface area contributed by atoms with E-state index in [4.69, 9.17) is 5.11 Å². The predicted octanol–water partition coefficient (Wildman–Crippen LogP) is 2.19. The molecular formula is C15H16N4O2. The first-order chi connectivity index (χ1) is 10.2. The van der Waals surface area contributed by atoms with Crippen LogP contribution in [0.5, 0.6) is 0 Å². The van der Waals surface area contributed by atoms with E-state index in [0.717, 1.165) is 36.4 Å². The van der Waals surface area contributed by atoms with Crippen LogP contribution in [0.25, 0.3) is 11.0 Å². The zero-order chi connectivity index (χ0) is 14.8. The zero-order valence-corrected chi connectivity index (χ0v) is 11.7. The van der Waals surface area contributed by atoms with Crippen molar-refractivity contribution in [2.45, 2.75) is 26.4 Å². The van der Waals surface area contributed by atoms with Crippen LogP contribution in [0.4, 0.5) is 0 Å². The Labute approximate surface area is 121 Å². The third-order valence-corrected chi connectivity index (χ3v) is 3.53. The summed E-state index contributed by atoms with van der Waals surface area (Å²) in [5.74, 6) is 0.0376. The molecule has 21 heavy (non-hydrogen) atoms. The average Bonchev–Trinajstić information content (AvgIpc) is 3.11. The van der Waals surface area contributed by atoms with Crippen LogP contribution < -0.4 is 0 Å². The van der Waals surface area contributed by atoms with E-state index in [1.807, 2.05) is 23.8 Å². The van der Waals surface area contributed by atoms with E-state index < -0.39 is 5.97 Å². The molecule has 0 saturated heterocycles. The van der Waals surface area contributed by atoms with Crippen molar-refractivity contribution in [1.29, 1.82) is 0 Å². The molecule has 3 rings (SSSR count). The van der Waals surface area contributed by atoms with Crippen molar-refractivity contribution in [2.24, 2.45) is 0 Å². The van der Waals surface area contributed by atoms with Gasteiger partial charge in [0.15, 0.2) is 0 Å². The van der Waals surface area contributed by atoms with Gasteiger partial charge in [0, 0.05) is 31.9 Å². The van der Waals surface area contributed by atoms with Gasteiger partial charge in [-0.15, -0.1) is 0 Å². The van der Waals surface area contributed by atoms with Crippen molar-refractivity contribution in [1.82, 2.24) is 19.1 Å². The van der Waals surface area contributed by atoms with Crippen LogP contribution in [0.3, 0.4) is 0 Å². The van der Waals surface area contributed by atoms with Crippen LogP contribution in [-0.2, 0) is 19.5 Å². The lowest BCUT2D eigenvalue weighted by Crippen LogP contribution is -2.09. The minimum atomic E-state index is -0.928. The number of carboxylic acids is 1. The van der Waals surface area contributed by atoms with E-state index in [1.54, 1.807) is 24.7 Å². The summed E-state index contributed by atoms with van der Waals surface area (Å²) in [5.41, 5.74) is 1.97. The number of benzene rings is 1. The van der Waals surface area contributed by atoms with Crippen molar-refractivity contribution >= 4 is 17.0 Å². The summed E-state index contributed by atoms with van der Waals surface area (Å²) >= 11 is 0. The van der Waals surface area contributed by atoms with Crippen molar-refractivity contribution in [3.8, 4) is 0 Å². The van der Waals surface area contributed by atoms with Crippen molar-refractivity contribution in [3.63, 3.8) is 0 Å². The number of rotatable bonds is 5. The summed E-state index contributed by atoms with van der Waals surface area (Å²) in [4.78, 5) is 19.6. The Morgan fingerprint density at radius 1 is 1.33 bits per heavy atom. The van der Waals surface area contributed by atoms with Crippen molar-refractivity contribution < 1.29 is 9.90 Å². The lowest BCUT2D eigenvalue weighted by molar-refractivity contribution is 0.0697. The minimum Gasteiger partial charge on any atom is -0.478 e. The second-order valence-electron chi connectivity index (χ2n) is 4.84. The highest BCUT2D eigenvalue weighted by Gasteiger charge is 2.12. The van der Waals surface area contributed by atoms with Crippen LogP contribution >= 0.6 is 0 Å². The van der Waals surface area contributed by atoms with Crippen LogP contribution in [0.15, 0.2) is 36.9 Å². The van der Waals surface area contributed by atoms with Gasteiger partial charge in [-0.1, -0.05) is 6.92 Å². The summed E-state index contributed by atoms with van der Waals surface area (Å²) in [6.07, 6.45) is 6.27. The van der Waals surface area contributed by atoms with Gasteiger partial charge in [0.25, 0.3) is 0 Å². The average molecular weight is 284 g/mol. The molecule has 0 spiro atoms. The molecule has 1 N–H and O–H groups in total. The van der Waals surface area contributed by atoms with Gasteiger partial charge in [0.2, 0.25) is 0 Å². The van der Waals surface area contributed by atoms with E-state index in [1.165, 1.54) is 0 Å². The molecule has 1 aromatic carbocycles. The number of aromatic nitrogens is 4. The molecule has 2 heterocycles. The van der Waals surface area contributed by atoms with E-state index in [2.05, 4.69) is 14.5 Å². The molecule has 6 nitrogen and oxygen atoms in total. The molecule has 0 aliphatic rings. The summed E-state index contributed by atoms with van der Waals surface area (Å²) in [6, 6.07) is 5.09. The summed E-state index contributed by atoms with van der Waals surface area (Å²) < 4.78 is 4.15. The highest BCUT2D eigenvalue weighted by atomic mass is 16.4. The Kier molecular flexibility index (Phi) is 3.43. The molecule has 6 heteroatoms. The number of hydrogen-bond acceptors (Lipinski definition) is 3. The molecule has 108 valence electrons. The van der Waals surface area contributed by atoms with Gasteiger partial charge in [-0.25, -0.2) is 14.8 Å². The molecule has 0 saturated carbocycles. The molecule has 2 aromatic heterocycles. The maximum Gasteiger partial charge on any atom is 0.335 e. The second kappa shape index (κ2) is 5.40. The first-order valence-electron chi connectivity index (χ1n) is 6.87. The Bertz CT molecular complexity index is 774. The third-order valence-electron chi connectivity index (χ3n) is 3.53. The molecule has 3 aromatic rings. The van der Waals surface area contributed by atoms with E-state index in [-0.39, 0.29) is 5.56 Å². The van der Waals surface area contributed by atoms with Crippen LogP contribution in [0, 0.1) is 0 Å². The van der Waals surface area contributed by atoms with Gasteiger partial charge in [0.05, 0.1) is 22.9 Å². The molecule has 0 unspecified atom stereocenters. The highest BCUT2D eigenvalue weighted by Crippen LogP contribution is 2.19. The molecule has 0 aliphatic heterocycles. The molecule has 0 amide bonds. The lowest BCUT2D eigenvalue weighted by Gasteiger charge is -2.08. The topological polar surface area (TPSA) is 72.9 Å². The second-order valence-corrected chi connectivity index (χ2v) is 4.84. The molecular weight excluding hydrogens is 268 g/mol. The lowest BCUT2D eigenvalue weighted by atomic mass is 10.2. The smallest absolute Gasteiger partial charge is 0.335 e. The number of nitrogens with zero attached hydrogens (tertiary/aromatic N) is 4. The number of hydrogen-bond donors (Lipinski definition) is 1. The van der Waals surface area contributed by atoms with Gasteiger partial charge < -0.3 is 14.2 Å². The number of aryl methyl sites for hydroxylation is 3. The van der Waals surface area contributed by atoms with Gasteiger partial charge in [-0.3, -0.25) is 0 Å². The fourth-order valence-corrected chi connectivity index (χ4v) is 2.47. The monoisotopic (exact) mass is 284 g/mol. The molecule has 0 aliphatic carbocycles. The first kappa shape index (κ1) is 13.4. The van der Waals surface area contributed by atoms with Crippen LogP contribution in [0.2, 0.25) is 0 Å². The van der Waals surface area contributed by atoms with Gasteiger partial charge in [-0.05, 0) is 18.2 Å². The normalized spacial score (nSPS) is 11.1. The fourth-order valence-electron chi connectivity index (χ4n) is 2.47. The molecule has 0 radical (unpaired) electrons. The van der Waals surface area contributed by atoms with Crippen molar-refractivity contribution in [3.05, 3.63) is 48.3 Å². The van der Waals surface area contributed by atoms with E-state index in [0.29, 0.717) is 0 Å². The first-order valence-corrected chi connectivity index (χ1v) is 6.87. The number of aromatic carboxylic acids is 1. The van der Waals surface area contributed by atoms with Crippen molar-refractivity contribution in [2.75, 3.05) is 0 Å². The SMILES string of the molecule is CCc1nc2cc(C(=O)O)ccc2n1CCn1ccnc1. The Hall–Kier alpha value is -2.63. The summed E-state index contributed by atoms with van der Waals surface area (Å²) in [6.45, 7) is 3.63. The summed E-state index contributed by atoms with van der Waals surface area (Å²) in [7, 11) is 0. The van der Waals surface area contributed by atoms with Crippen LogP contribution in [-0.4, -0.2) is 30.2 Å². The maximum absolute atomic E-state index is 11.0. The van der Waals surface area contributed by atoms with Gasteiger partial charge in [0.1, 0.15) is 5.82 Å². The Balaban J connectivity index is 1.97. The van der Waals surface area contributed by atoms with Gasteiger partial charge in [-0.2, -0.15) is 0 Å². The van der Waals surface area contributed by atoms with E-state index in [9.17, 15) is 4.79 Å². The minimum absolute atomic E-state index is 0.268. The molecule has 0 bridgehead atoms. The van der Waals surface area contributed by atoms with Gasteiger partial charge >= 0.3 is 5.97 Å². The third kappa shape index (κ3) is 2.52. The Morgan fingerprint density at radius 2 is 2.19 bits per heavy atom. The molecule has 0 atom stereocenters. The summed E-state index contributed by atoms with van der Waals surface area (Å²) in [5, 5.41) is 9.06. The predicted molar refractivity (Wildman–Crippen MR) is 78.3 cm³/mol. The molecule has 0 fully saturated rings.